The number of ether oxygens (including phenoxy) is 2. The number of amides is 1. The number of anilines is 1. The standard InChI is InChI=1S/C21H20N2O6/c1-28-19-7-3-2-5-15(19)8-11-21(25)29-14-20(24)22-12-4-6-16-13-17(23(26)27)9-10-18(16)22/h2-3,5,7-11,13H,4,6,12,14H2,1H3/b11-8+. The average Bonchev–Trinajstić information content (AvgIpc) is 2.75. The van der Waals surface area contributed by atoms with Crippen LogP contribution >= 0.6 is 0 Å². The third-order valence-electron chi connectivity index (χ3n) is 4.57. The number of carbonyl (C=O) groups excluding carboxylic acids is 2. The molecule has 0 radical (unpaired) electrons. The van der Waals surface area contributed by atoms with Crippen molar-refractivity contribution in [2.24, 2.45) is 0 Å². The van der Waals surface area contributed by atoms with Crippen molar-refractivity contribution in [3.63, 3.8) is 0 Å². The molecule has 1 aliphatic heterocycles. The van der Waals surface area contributed by atoms with Gasteiger partial charge in [-0.15, -0.1) is 0 Å². The highest BCUT2D eigenvalue weighted by atomic mass is 16.6. The van der Waals surface area contributed by atoms with Crippen molar-refractivity contribution in [2.45, 2.75) is 12.8 Å². The molecule has 3 rings (SSSR count). The quantitative estimate of drug-likeness (QED) is 0.322. The van der Waals surface area contributed by atoms with E-state index in [1.54, 1.807) is 24.3 Å². The lowest BCUT2D eigenvalue weighted by Crippen LogP contribution is -2.38. The number of para-hydroxylation sites is 1. The van der Waals surface area contributed by atoms with Gasteiger partial charge in [0.05, 0.1) is 12.0 Å². The smallest absolute Gasteiger partial charge is 0.331 e. The second-order valence-corrected chi connectivity index (χ2v) is 6.40. The molecule has 0 spiro atoms. The number of aryl methyl sites for hydroxylation is 1. The van der Waals surface area contributed by atoms with Gasteiger partial charge < -0.3 is 14.4 Å². The molecule has 0 unspecified atom stereocenters. The number of fused-ring (bicyclic) bond motifs is 1. The number of carbonyl (C=O) groups is 2. The molecule has 0 aliphatic carbocycles. The highest BCUT2D eigenvalue weighted by Crippen LogP contribution is 2.30. The van der Waals surface area contributed by atoms with Gasteiger partial charge in [-0.3, -0.25) is 14.9 Å². The van der Waals surface area contributed by atoms with E-state index >= 15 is 0 Å². The molecule has 2 aromatic rings. The normalized spacial score (nSPS) is 13.1. The Kier molecular flexibility index (Phi) is 6.23. The maximum atomic E-state index is 12.5. The van der Waals surface area contributed by atoms with Gasteiger partial charge in [0.25, 0.3) is 11.6 Å². The topological polar surface area (TPSA) is 99.0 Å². The van der Waals surface area contributed by atoms with Crippen molar-refractivity contribution >= 4 is 29.3 Å². The number of hydrogen-bond donors (Lipinski definition) is 0. The molecular formula is C21H20N2O6. The molecule has 29 heavy (non-hydrogen) atoms. The highest BCUT2D eigenvalue weighted by molar-refractivity contribution is 5.97. The summed E-state index contributed by atoms with van der Waals surface area (Å²) in [5.41, 5.74) is 2.06. The predicted octanol–water partition coefficient (Wildman–Crippen LogP) is 3.14. The Labute approximate surface area is 167 Å². The van der Waals surface area contributed by atoms with Crippen LogP contribution in [0.25, 0.3) is 6.08 Å². The summed E-state index contributed by atoms with van der Waals surface area (Å²) in [5.74, 6) is -0.407. The first kappa shape index (κ1) is 20.1. The number of non-ortho nitro benzene ring substituents is 1. The van der Waals surface area contributed by atoms with Crippen LogP contribution in [0.4, 0.5) is 11.4 Å². The molecule has 0 saturated carbocycles. The summed E-state index contributed by atoms with van der Waals surface area (Å²) in [6.45, 7) is 0.0593. The summed E-state index contributed by atoms with van der Waals surface area (Å²) in [4.78, 5) is 36.5. The van der Waals surface area contributed by atoms with E-state index < -0.39 is 17.5 Å². The van der Waals surface area contributed by atoms with E-state index in [9.17, 15) is 19.7 Å². The van der Waals surface area contributed by atoms with E-state index in [-0.39, 0.29) is 11.6 Å². The summed E-state index contributed by atoms with van der Waals surface area (Å²) in [5, 5.41) is 10.9. The Bertz CT molecular complexity index is 969. The molecule has 0 N–H and O–H groups in total. The molecule has 0 bridgehead atoms. The van der Waals surface area contributed by atoms with Crippen LogP contribution in [0, 0.1) is 10.1 Å². The molecule has 0 atom stereocenters. The van der Waals surface area contributed by atoms with Crippen molar-refractivity contribution in [2.75, 3.05) is 25.2 Å². The first-order valence-electron chi connectivity index (χ1n) is 9.05. The van der Waals surface area contributed by atoms with Gasteiger partial charge in [-0.1, -0.05) is 18.2 Å². The molecule has 150 valence electrons. The molecule has 0 saturated heterocycles. The lowest BCUT2D eigenvalue weighted by atomic mass is 10.0. The zero-order chi connectivity index (χ0) is 20.8. The molecule has 2 aromatic carbocycles. The van der Waals surface area contributed by atoms with Crippen molar-refractivity contribution < 1.29 is 24.0 Å². The highest BCUT2D eigenvalue weighted by Gasteiger charge is 2.24. The van der Waals surface area contributed by atoms with E-state index in [1.165, 1.54) is 30.2 Å². The fraction of sp³-hybridized carbons (Fsp3) is 0.238. The zero-order valence-corrected chi connectivity index (χ0v) is 15.9. The van der Waals surface area contributed by atoms with Gasteiger partial charge in [0.2, 0.25) is 0 Å². The zero-order valence-electron chi connectivity index (χ0n) is 15.9. The van der Waals surface area contributed by atoms with E-state index in [4.69, 9.17) is 9.47 Å². The second-order valence-electron chi connectivity index (χ2n) is 6.40. The van der Waals surface area contributed by atoms with Crippen LogP contribution in [0.15, 0.2) is 48.5 Å². The van der Waals surface area contributed by atoms with Gasteiger partial charge in [0, 0.05) is 36.0 Å². The largest absolute Gasteiger partial charge is 0.496 e. The lowest BCUT2D eigenvalue weighted by molar-refractivity contribution is -0.384. The predicted molar refractivity (Wildman–Crippen MR) is 107 cm³/mol. The molecular weight excluding hydrogens is 376 g/mol. The maximum absolute atomic E-state index is 12.5. The summed E-state index contributed by atoms with van der Waals surface area (Å²) in [6.07, 6.45) is 4.13. The summed E-state index contributed by atoms with van der Waals surface area (Å²) < 4.78 is 10.3. The summed E-state index contributed by atoms with van der Waals surface area (Å²) in [7, 11) is 1.54. The van der Waals surface area contributed by atoms with Crippen LogP contribution in [-0.4, -0.2) is 37.1 Å². The molecule has 1 aliphatic rings. The Morgan fingerprint density at radius 3 is 2.79 bits per heavy atom. The Hall–Kier alpha value is -3.68. The number of hydrogen-bond acceptors (Lipinski definition) is 6. The van der Waals surface area contributed by atoms with Gasteiger partial charge in [-0.05, 0) is 36.6 Å². The minimum atomic E-state index is -0.648. The van der Waals surface area contributed by atoms with Crippen molar-refractivity contribution in [3.05, 3.63) is 69.8 Å². The molecule has 1 heterocycles. The Morgan fingerprint density at radius 2 is 2.03 bits per heavy atom. The number of benzene rings is 2. The van der Waals surface area contributed by atoms with Crippen LogP contribution in [0.5, 0.6) is 5.75 Å². The third-order valence-corrected chi connectivity index (χ3v) is 4.57. The minimum absolute atomic E-state index is 0.00838. The third kappa shape index (κ3) is 4.78. The number of nitro groups is 1. The maximum Gasteiger partial charge on any atom is 0.331 e. The van der Waals surface area contributed by atoms with E-state index in [0.717, 1.165) is 5.56 Å². The molecule has 8 heteroatoms. The van der Waals surface area contributed by atoms with Crippen molar-refractivity contribution in [3.8, 4) is 5.75 Å². The fourth-order valence-corrected chi connectivity index (χ4v) is 3.18. The Balaban J connectivity index is 1.62. The van der Waals surface area contributed by atoms with Gasteiger partial charge in [-0.2, -0.15) is 0 Å². The fourth-order valence-electron chi connectivity index (χ4n) is 3.18. The number of nitro benzene ring substituents is 1. The second kappa shape index (κ2) is 9.01. The summed E-state index contributed by atoms with van der Waals surface area (Å²) >= 11 is 0. The monoisotopic (exact) mass is 396 g/mol. The molecule has 0 aromatic heterocycles. The molecule has 8 nitrogen and oxygen atoms in total. The lowest BCUT2D eigenvalue weighted by Gasteiger charge is -2.29. The summed E-state index contributed by atoms with van der Waals surface area (Å²) in [6, 6.07) is 11.6. The first-order chi connectivity index (χ1) is 14.0. The van der Waals surface area contributed by atoms with Gasteiger partial charge in [0.15, 0.2) is 6.61 Å². The SMILES string of the molecule is COc1ccccc1/C=C/C(=O)OCC(=O)N1CCCc2cc([N+](=O)[O-])ccc21. The van der Waals surface area contributed by atoms with Crippen LogP contribution in [0.2, 0.25) is 0 Å². The number of esters is 1. The minimum Gasteiger partial charge on any atom is -0.496 e. The van der Waals surface area contributed by atoms with E-state index in [2.05, 4.69) is 0 Å². The number of rotatable bonds is 6. The Morgan fingerprint density at radius 1 is 1.24 bits per heavy atom. The van der Waals surface area contributed by atoms with E-state index in [0.29, 0.717) is 36.4 Å². The van der Waals surface area contributed by atoms with Gasteiger partial charge >= 0.3 is 5.97 Å². The first-order valence-corrected chi connectivity index (χ1v) is 9.05. The number of methoxy groups -OCH3 is 1. The average molecular weight is 396 g/mol. The van der Waals surface area contributed by atoms with Gasteiger partial charge in [-0.25, -0.2) is 4.79 Å². The van der Waals surface area contributed by atoms with Crippen LogP contribution in [0.3, 0.4) is 0 Å². The molecule has 1 amide bonds. The van der Waals surface area contributed by atoms with E-state index in [1.807, 2.05) is 12.1 Å². The van der Waals surface area contributed by atoms with Crippen LogP contribution in [0.1, 0.15) is 17.5 Å². The molecule has 0 fully saturated rings. The van der Waals surface area contributed by atoms with Crippen LogP contribution < -0.4 is 9.64 Å². The van der Waals surface area contributed by atoms with Crippen LogP contribution in [-0.2, 0) is 20.7 Å². The van der Waals surface area contributed by atoms with Crippen molar-refractivity contribution in [1.29, 1.82) is 0 Å². The van der Waals surface area contributed by atoms with Crippen molar-refractivity contribution in [1.82, 2.24) is 0 Å². The number of nitrogens with zero attached hydrogens (tertiary/aromatic N) is 2. The van der Waals surface area contributed by atoms with Gasteiger partial charge in [0.1, 0.15) is 5.75 Å².